The molecular weight excluding hydrogens is 349 g/mol. The predicted molar refractivity (Wildman–Crippen MR) is 75.6 cm³/mol. The number of aliphatic hydroxyl groups is 2. The Bertz CT molecular complexity index is 679. The first-order valence-electron chi connectivity index (χ1n) is 7.07. The third-order valence-electron chi connectivity index (χ3n) is 3.72. The molecule has 2 heterocycles. The van der Waals surface area contributed by atoms with Gasteiger partial charge in [0.05, 0.1) is 18.8 Å². The van der Waals surface area contributed by atoms with Crippen LogP contribution in [0.1, 0.15) is 12.6 Å². The Kier molecular flexibility index (Phi) is 5.02. The molecule has 1 aliphatic heterocycles. The molecule has 0 aliphatic carbocycles. The van der Waals surface area contributed by atoms with Crippen LogP contribution < -0.4 is 4.90 Å². The number of carboxylic acids is 1. The molecule has 25 heavy (non-hydrogen) atoms. The van der Waals surface area contributed by atoms with Gasteiger partial charge in [0.2, 0.25) is 0 Å². The SMILES string of the molecule is C[C@@](O)(c1cccc(N2CCOC(C(O)C(=O)O)C2=O)n1)C(F)(F)F. The summed E-state index contributed by atoms with van der Waals surface area (Å²) in [7, 11) is 0. The molecular formula is C14H15F3N2O6. The molecule has 2 unspecified atom stereocenters. The zero-order valence-electron chi connectivity index (χ0n) is 12.9. The summed E-state index contributed by atoms with van der Waals surface area (Å²) in [5.74, 6) is -2.86. The van der Waals surface area contributed by atoms with E-state index in [9.17, 15) is 33.0 Å². The lowest BCUT2D eigenvalue weighted by Crippen LogP contribution is -2.55. The van der Waals surface area contributed by atoms with E-state index in [1.807, 2.05) is 0 Å². The fourth-order valence-corrected chi connectivity index (χ4v) is 2.18. The minimum atomic E-state index is -4.99. The van der Waals surface area contributed by atoms with Gasteiger partial charge in [-0.1, -0.05) is 6.07 Å². The van der Waals surface area contributed by atoms with Crippen molar-refractivity contribution in [3.8, 4) is 0 Å². The van der Waals surface area contributed by atoms with Crippen molar-refractivity contribution in [2.24, 2.45) is 0 Å². The number of alkyl halides is 3. The quantitative estimate of drug-likeness (QED) is 0.689. The number of aliphatic hydroxyl groups excluding tert-OH is 1. The van der Waals surface area contributed by atoms with Gasteiger partial charge >= 0.3 is 12.1 Å². The third kappa shape index (κ3) is 3.57. The van der Waals surface area contributed by atoms with Crippen LogP contribution >= 0.6 is 0 Å². The smallest absolute Gasteiger partial charge is 0.422 e. The Balaban J connectivity index is 2.34. The van der Waals surface area contributed by atoms with Crippen LogP contribution in [-0.4, -0.2) is 63.7 Å². The summed E-state index contributed by atoms with van der Waals surface area (Å²) in [5.41, 5.74) is -3.97. The lowest BCUT2D eigenvalue weighted by Gasteiger charge is -2.33. The van der Waals surface area contributed by atoms with Gasteiger partial charge in [-0.05, 0) is 19.1 Å². The highest BCUT2D eigenvalue weighted by atomic mass is 19.4. The van der Waals surface area contributed by atoms with Gasteiger partial charge in [0.15, 0.2) is 17.8 Å². The number of hydrogen-bond donors (Lipinski definition) is 3. The normalized spacial score (nSPS) is 22.4. The molecule has 0 spiro atoms. The fraction of sp³-hybridized carbons (Fsp3) is 0.500. The van der Waals surface area contributed by atoms with E-state index in [1.165, 1.54) is 12.1 Å². The van der Waals surface area contributed by atoms with Crippen molar-refractivity contribution in [2.45, 2.75) is 30.9 Å². The maximum atomic E-state index is 12.9. The molecule has 1 aromatic rings. The number of halogens is 3. The molecule has 0 aromatic carbocycles. The number of aromatic nitrogens is 1. The van der Waals surface area contributed by atoms with E-state index >= 15 is 0 Å². The summed E-state index contributed by atoms with van der Waals surface area (Å²) >= 11 is 0. The van der Waals surface area contributed by atoms with Crippen molar-refractivity contribution in [1.29, 1.82) is 0 Å². The number of carbonyl (C=O) groups excluding carboxylic acids is 1. The highest BCUT2D eigenvalue weighted by Crippen LogP contribution is 2.38. The van der Waals surface area contributed by atoms with Gasteiger partial charge in [0.1, 0.15) is 5.82 Å². The first kappa shape index (κ1) is 19.1. The molecule has 1 fully saturated rings. The van der Waals surface area contributed by atoms with Crippen molar-refractivity contribution in [1.82, 2.24) is 4.98 Å². The van der Waals surface area contributed by atoms with Crippen molar-refractivity contribution in [3.05, 3.63) is 23.9 Å². The van der Waals surface area contributed by atoms with E-state index in [2.05, 4.69) is 4.98 Å². The first-order valence-corrected chi connectivity index (χ1v) is 7.07. The Morgan fingerprint density at radius 3 is 2.64 bits per heavy atom. The number of anilines is 1. The molecule has 1 saturated heterocycles. The number of ether oxygens (including phenoxy) is 1. The number of pyridine rings is 1. The molecule has 0 saturated carbocycles. The molecule has 3 N–H and O–H groups in total. The highest BCUT2D eigenvalue weighted by molar-refractivity contribution is 5.99. The van der Waals surface area contributed by atoms with Gasteiger partial charge in [0.25, 0.3) is 5.91 Å². The van der Waals surface area contributed by atoms with Crippen LogP contribution in [-0.2, 0) is 19.9 Å². The van der Waals surface area contributed by atoms with Gasteiger partial charge in [-0.25, -0.2) is 9.78 Å². The fourth-order valence-electron chi connectivity index (χ4n) is 2.18. The number of rotatable bonds is 4. The average molecular weight is 364 g/mol. The number of carboxylic acid groups (broad SMARTS) is 1. The third-order valence-corrected chi connectivity index (χ3v) is 3.72. The minimum Gasteiger partial charge on any atom is -0.479 e. The van der Waals surface area contributed by atoms with E-state index in [-0.39, 0.29) is 19.0 Å². The van der Waals surface area contributed by atoms with Crippen LogP contribution in [0.15, 0.2) is 18.2 Å². The molecule has 0 bridgehead atoms. The van der Waals surface area contributed by atoms with Crippen LogP contribution in [0, 0.1) is 0 Å². The van der Waals surface area contributed by atoms with Gasteiger partial charge in [0, 0.05) is 0 Å². The number of hydrogen-bond acceptors (Lipinski definition) is 6. The Hall–Kier alpha value is -2.24. The largest absolute Gasteiger partial charge is 0.479 e. The topological polar surface area (TPSA) is 120 Å². The molecule has 138 valence electrons. The maximum Gasteiger partial charge on any atom is 0.422 e. The van der Waals surface area contributed by atoms with Gasteiger partial charge in [-0.3, -0.25) is 9.69 Å². The van der Waals surface area contributed by atoms with Crippen LogP contribution in [0.5, 0.6) is 0 Å². The number of aliphatic carboxylic acids is 1. The molecule has 1 aromatic heterocycles. The summed E-state index contributed by atoms with van der Waals surface area (Å²) in [6.45, 7) is 0.270. The number of morpholine rings is 1. The highest BCUT2D eigenvalue weighted by Gasteiger charge is 2.52. The summed E-state index contributed by atoms with van der Waals surface area (Å²) in [6, 6.07) is 3.35. The van der Waals surface area contributed by atoms with Crippen LogP contribution in [0.2, 0.25) is 0 Å². The van der Waals surface area contributed by atoms with E-state index in [4.69, 9.17) is 9.84 Å². The molecule has 1 amide bonds. The summed E-state index contributed by atoms with van der Waals surface area (Å²) in [4.78, 5) is 27.7. The van der Waals surface area contributed by atoms with Crippen LogP contribution in [0.4, 0.5) is 19.0 Å². The standard InChI is InChI=1S/C14H15F3N2O6/c1-13(24,14(15,16)17)7-3-2-4-8(18-7)19-5-6-25-10(11(19)21)9(20)12(22)23/h2-4,9-10,20,24H,5-6H2,1H3,(H,22,23)/t9?,10?,13-/m1/s1. The minimum absolute atomic E-state index is 0.105. The van der Waals surface area contributed by atoms with Crippen LogP contribution in [0.3, 0.4) is 0 Å². The Labute approximate surface area is 139 Å². The maximum absolute atomic E-state index is 12.9. The van der Waals surface area contributed by atoms with Crippen LogP contribution in [0.25, 0.3) is 0 Å². The van der Waals surface area contributed by atoms with Crippen molar-refractivity contribution in [2.75, 3.05) is 18.1 Å². The summed E-state index contributed by atoms with van der Waals surface area (Å²) < 4.78 is 43.8. The lowest BCUT2D eigenvalue weighted by atomic mass is 10.0. The predicted octanol–water partition coefficient (Wildman–Crippen LogP) is 0.0287. The first-order chi connectivity index (χ1) is 11.5. The average Bonchev–Trinajstić information content (AvgIpc) is 2.53. The van der Waals surface area contributed by atoms with Gasteiger partial charge in [-0.15, -0.1) is 0 Å². The molecule has 8 nitrogen and oxygen atoms in total. The van der Waals surface area contributed by atoms with Crippen molar-refractivity contribution in [3.63, 3.8) is 0 Å². The van der Waals surface area contributed by atoms with Crippen molar-refractivity contribution < 1.29 is 42.8 Å². The zero-order chi connectivity index (χ0) is 19.0. The molecule has 1 aliphatic rings. The Morgan fingerprint density at radius 1 is 1.44 bits per heavy atom. The molecule has 3 atom stereocenters. The molecule has 11 heteroatoms. The number of amides is 1. The lowest BCUT2D eigenvalue weighted by molar-refractivity contribution is -0.260. The second kappa shape index (κ2) is 6.58. The van der Waals surface area contributed by atoms with Crippen molar-refractivity contribution >= 4 is 17.7 Å². The molecule has 0 radical (unpaired) electrons. The molecule has 2 rings (SSSR count). The number of carbonyl (C=O) groups is 2. The van der Waals surface area contributed by atoms with E-state index in [0.717, 1.165) is 11.0 Å². The van der Waals surface area contributed by atoms with E-state index < -0.39 is 41.6 Å². The zero-order valence-corrected chi connectivity index (χ0v) is 12.9. The Morgan fingerprint density at radius 2 is 2.08 bits per heavy atom. The van der Waals surface area contributed by atoms with Gasteiger partial charge < -0.3 is 20.1 Å². The van der Waals surface area contributed by atoms with E-state index in [0.29, 0.717) is 6.92 Å². The number of nitrogens with zero attached hydrogens (tertiary/aromatic N) is 2. The second-order valence-corrected chi connectivity index (χ2v) is 5.52. The summed E-state index contributed by atoms with van der Waals surface area (Å²) in [5, 5.41) is 28.0. The monoisotopic (exact) mass is 364 g/mol. The summed E-state index contributed by atoms with van der Waals surface area (Å²) in [6.07, 6.45) is -8.83. The second-order valence-electron chi connectivity index (χ2n) is 5.52. The van der Waals surface area contributed by atoms with Gasteiger partial charge in [-0.2, -0.15) is 13.2 Å². The van der Waals surface area contributed by atoms with E-state index in [1.54, 1.807) is 0 Å².